The van der Waals surface area contributed by atoms with E-state index in [0.29, 0.717) is 6.04 Å². The van der Waals surface area contributed by atoms with Crippen LogP contribution in [0, 0.1) is 12.8 Å². The van der Waals surface area contributed by atoms with Crippen LogP contribution in [0.3, 0.4) is 0 Å². The molecule has 0 bridgehead atoms. The molecule has 1 aromatic rings. The summed E-state index contributed by atoms with van der Waals surface area (Å²) in [6.45, 7) is 10.0. The summed E-state index contributed by atoms with van der Waals surface area (Å²) in [6.07, 6.45) is 7.68. The summed E-state index contributed by atoms with van der Waals surface area (Å²) in [5, 5.41) is 4.60. The largest absolute Gasteiger partial charge is 0.310 e. The Morgan fingerprint density at radius 2 is 1.90 bits per heavy atom. The predicted octanol–water partition coefficient (Wildman–Crippen LogP) is 6.30. The fourth-order valence-corrected chi connectivity index (χ4v) is 2.97. The van der Waals surface area contributed by atoms with E-state index in [0.717, 1.165) is 17.5 Å². The van der Waals surface area contributed by atoms with Crippen LogP contribution in [0.4, 0.5) is 0 Å². The van der Waals surface area contributed by atoms with Crippen molar-refractivity contribution in [2.24, 2.45) is 5.92 Å². The van der Waals surface area contributed by atoms with Gasteiger partial charge in [0, 0.05) is 11.1 Å². The third kappa shape index (κ3) is 6.40. The van der Waals surface area contributed by atoms with Gasteiger partial charge in [0.1, 0.15) is 0 Å². The molecule has 2 unspecified atom stereocenters. The zero-order valence-corrected chi connectivity index (χ0v) is 15.0. The fourth-order valence-electron chi connectivity index (χ4n) is 2.86. The Kier molecular flexibility index (Phi) is 9.03. The zero-order valence-electron chi connectivity index (χ0n) is 14.2. The smallest absolute Gasteiger partial charge is 0.0435 e. The van der Waals surface area contributed by atoms with E-state index in [9.17, 15) is 0 Å². The van der Waals surface area contributed by atoms with Crippen molar-refractivity contribution in [3.8, 4) is 0 Å². The lowest BCUT2D eigenvalue weighted by Gasteiger charge is -2.25. The van der Waals surface area contributed by atoms with E-state index in [1.54, 1.807) is 0 Å². The Morgan fingerprint density at radius 1 is 1.14 bits per heavy atom. The molecule has 1 nitrogen and oxygen atoms in total. The Balaban J connectivity index is 2.80. The minimum Gasteiger partial charge on any atom is -0.310 e. The summed E-state index contributed by atoms with van der Waals surface area (Å²) in [4.78, 5) is 0. The Hall–Kier alpha value is -0.530. The van der Waals surface area contributed by atoms with Gasteiger partial charge in [-0.1, -0.05) is 70.2 Å². The zero-order chi connectivity index (χ0) is 15.7. The maximum Gasteiger partial charge on any atom is 0.0435 e. The molecule has 0 saturated heterocycles. The predicted molar refractivity (Wildman–Crippen MR) is 95.1 cm³/mol. The number of unbranched alkanes of at least 4 members (excludes halogenated alkanes) is 1. The number of rotatable bonds is 10. The van der Waals surface area contributed by atoms with Gasteiger partial charge in [-0.2, -0.15) is 0 Å². The highest BCUT2D eigenvalue weighted by molar-refractivity contribution is 6.31. The van der Waals surface area contributed by atoms with Crippen molar-refractivity contribution in [1.29, 1.82) is 0 Å². The Labute approximate surface area is 136 Å². The molecule has 0 radical (unpaired) electrons. The van der Waals surface area contributed by atoms with Crippen molar-refractivity contribution >= 4 is 11.6 Å². The van der Waals surface area contributed by atoms with Crippen LogP contribution in [-0.4, -0.2) is 6.54 Å². The number of halogens is 1. The average molecular weight is 310 g/mol. The van der Waals surface area contributed by atoms with Gasteiger partial charge < -0.3 is 5.32 Å². The maximum atomic E-state index is 6.17. The van der Waals surface area contributed by atoms with Gasteiger partial charge in [0.2, 0.25) is 0 Å². The van der Waals surface area contributed by atoms with Gasteiger partial charge in [0.15, 0.2) is 0 Å². The molecule has 0 spiro atoms. The third-order valence-electron chi connectivity index (χ3n) is 4.34. The number of benzene rings is 1. The summed E-state index contributed by atoms with van der Waals surface area (Å²) in [5.41, 5.74) is 2.57. The Morgan fingerprint density at radius 3 is 2.48 bits per heavy atom. The lowest BCUT2D eigenvalue weighted by molar-refractivity contribution is 0.353. The molecular weight excluding hydrogens is 278 g/mol. The summed E-state index contributed by atoms with van der Waals surface area (Å²) < 4.78 is 0. The topological polar surface area (TPSA) is 12.0 Å². The van der Waals surface area contributed by atoms with Gasteiger partial charge in [0.05, 0.1) is 0 Å². The number of nitrogens with one attached hydrogen (secondary N) is 1. The van der Waals surface area contributed by atoms with Crippen molar-refractivity contribution in [3.63, 3.8) is 0 Å². The maximum absolute atomic E-state index is 6.17. The molecular formula is C19H32ClN. The molecule has 0 amide bonds. The van der Waals surface area contributed by atoms with Crippen molar-refractivity contribution in [2.75, 3.05) is 6.54 Å². The molecule has 2 atom stereocenters. The molecule has 0 aliphatic heterocycles. The first-order valence-corrected chi connectivity index (χ1v) is 8.99. The lowest BCUT2D eigenvalue weighted by atomic mass is 9.88. The molecule has 0 aliphatic carbocycles. The summed E-state index contributed by atoms with van der Waals surface area (Å²) >= 11 is 6.17. The molecule has 0 heterocycles. The standard InChI is InChI=1S/C19H32ClN/c1-5-8-9-16(7-3)14-19(21-12-6-2)17-10-11-18(20)15(4)13-17/h10-11,13,16,19,21H,5-9,12,14H2,1-4H3. The van der Waals surface area contributed by atoms with Crippen LogP contribution < -0.4 is 5.32 Å². The van der Waals surface area contributed by atoms with E-state index in [1.807, 2.05) is 6.07 Å². The van der Waals surface area contributed by atoms with Crippen LogP contribution >= 0.6 is 11.6 Å². The molecule has 2 heteroatoms. The van der Waals surface area contributed by atoms with Crippen molar-refractivity contribution in [2.45, 2.75) is 72.3 Å². The minimum atomic E-state index is 0.461. The summed E-state index contributed by atoms with van der Waals surface area (Å²) in [5.74, 6) is 0.815. The van der Waals surface area contributed by atoms with Crippen LogP contribution in [0.2, 0.25) is 5.02 Å². The van der Waals surface area contributed by atoms with Crippen molar-refractivity contribution in [1.82, 2.24) is 5.32 Å². The SMILES string of the molecule is CCCCC(CC)CC(NCCC)c1ccc(Cl)c(C)c1. The van der Waals surface area contributed by atoms with Crippen LogP contribution in [0.5, 0.6) is 0 Å². The highest BCUT2D eigenvalue weighted by Crippen LogP contribution is 2.29. The second kappa shape index (κ2) is 10.2. The summed E-state index contributed by atoms with van der Waals surface area (Å²) in [7, 11) is 0. The van der Waals surface area contributed by atoms with Gasteiger partial charge in [-0.05, 0) is 49.4 Å². The third-order valence-corrected chi connectivity index (χ3v) is 4.76. The highest BCUT2D eigenvalue weighted by Gasteiger charge is 2.17. The second-order valence-electron chi connectivity index (χ2n) is 6.17. The fraction of sp³-hybridized carbons (Fsp3) is 0.684. The molecule has 21 heavy (non-hydrogen) atoms. The van der Waals surface area contributed by atoms with Gasteiger partial charge in [0.25, 0.3) is 0 Å². The highest BCUT2D eigenvalue weighted by atomic mass is 35.5. The molecule has 1 N–H and O–H groups in total. The molecule has 1 aromatic carbocycles. The van der Waals surface area contributed by atoms with Gasteiger partial charge in [-0.15, -0.1) is 0 Å². The van der Waals surface area contributed by atoms with Gasteiger partial charge in [-0.25, -0.2) is 0 Å². The molecule has 0 fully saturated rings. The molecule has 120 valence electrons. The minimum absolute atomic E-state index is 0.461. The van der Waals surface area contributed by atoms with E-state index in [4.69, 9.17) is 11.6 Å². The number of hydrogen-bond donors (Lipinski definition) is 1. The molecule has 0 aromatic heterocycles. The van der Waals surface area contributed by atoms with Crippen LogP contribution in [0.1, 0.15) is 76.5 Å². The normalized spacial score (nSPS) is 14.1. The van der Waals surface area contributed by atoms with E-state index in [1.165, 1.54) is 49.7 Å². The van der Waals surface area contributed by atoms with E-state index >= 15 is 0 Å². The number of aryl methyl sites for hydroxylation is 1. The van der Waals surface area contributed by atoms with Crippen LogP contribution in [0.15, 0.2) is 18.2 Å². The first kappa shape index (κ1) is 18.5. The van der Waals surface area contributed by atoms with Gasteiger partial charge >= 0.3 is 0 Å². The van der Waals surface area contributed by atoms with Gasteiger partial charge in [-0.3, -0.25) is 0 Å². The Bertz CT molecular complexity index is 403. The molecule has 0 aliphatic rings. The van der Waals surface area contributed by atoms with Crippen molar-refractivity contribution in [3.05, 3.63) is 34.3 Å². The van der Waals surface area contributed by atoms with Crippen LogP contribution in [-0.2, 0) is 0 Å². The number of hydrogen-bond acceptors (Lipinski definition) is 1. The average Bonchev–Trinajstić information content (AvgIpc) is 2.49. The molecule has 1 rings (SSSR count). The first-order valence-electron chi connectivity index (χ1n) is 8.61. The summed E-state index contributed by atoms with van der Waals surface area (Å²) in [6, 6.07) is 6.94. The van der Waals surface area contributed by atoms with E-state index in [2.05, 4.69) is 45.1 Å². The lowest BCUT2D eigenvalue weighted by Crippen LogP contribution is -2.24. The first-order chi connectivity index (χ1) is 10.1. The van der Waals surface area contributed by atoms with Crippen molar-refractivity contribution < 1.29 is 0 Å². The van der Waals surface area contributed by atoms with Crippen LogP contribution in [0.25, 0.3) is 0 Å². The van der Waals surface area contributed by atoms with E-state index in [-0.39, 0.29) is 0 Å². The quantitative estimate of drug-likeness (QED) is 0.535. The monoisotopic (exact) mass is 309 g/mol. The van der Waals surface area contributed by atoms with E-state index < -0.39 is 0 Å². The molecule has 0 saturated carbocycles. The second-order valence-corrected chi connectivity index (χ2v) is 6.57.